The van der Waals surface area contributed by atoms with Gasteiger partial charge in [0.15, 0.2) is 0 Å². The van der Waals surface area contributed by atoms with Gasteiger partial charge in [0.25, 0.3) is 0 Å². The van der Waals surface area contributed by atoms with E-state index in [1.807, 2.05) is 17.3 Å². The Morgan fingerprint density at radius 3 is 2.42 bits per heavy atom. The fraction of sp³-hybridized carbons (Fsp3) is 0.556. The Hall–Kier alpha value is -1.93. The van der Waals surface area contributed by atoms with Crippen LogP contribution in [0.25, 0.3) is 0 Å². The molecule has 2 aliphatic rings. The molecular weight excluding hydrogens is 343 g/mol. The summed E-state index contributed by atoms with van der Waals surface area (Å²) < 4.78 is 38.6. The highest BCUT2D eigenvalue weighted by Gasteiger charge is 2.31. The van der Waals surface area contributed by atoms with Gasteiger partial charge in [0.2, 0.25) is 0 Å². The van der Waals surface area contributed by atoms with Crippen LogP contribution in [0, 0.1) is 0 Å². The predicted molar refractivity (Wildman–Crippen MR) is 96.3 cm³/mol. The zero-order valence-electron chi connectivity index (χ0n) is 14.8. The summed E-state index contributed by atoms with van der Waals surface area (Å²) in [5.41, 5.74) is 3.27. The summed E-state index contributed by atoms with van der Waals surface area (Å²) in [6, 6.07) is 5.63. The lowest BCUT2D eigenvalue weighted by atomic mass is 10.1. The zero-order valence-corrected chi connectivity index (χ0v) is 14.8. The van der Waals surface area contributed by atoms with Crippen LogP contribution in [-0.2, 0) is 6.18 Å². The zero-order chi connectivity index (χ0) is 18.4. The van der Waals surface area contributed by atoms with Gasteiger partial charge in [-0.05, 0) is 37.6 Å². The number of hydrogen-bond acceptors (Lipinski definition) is 5. The van der Waals surface area contributed by atoms with Crippen LogP contribution >= 0.6 is 0 Å². The van der Waals surface area contributed by atoms with Gasteiger partial charge in [0.1, 0.15) is 0 Å². The lowest BCUT2D eigenvalue weighted by Gasteiger charge is -2.36. The molecule has 0 atom stereocenters. The molecule has 2 N–H and O–H groups in total. The summed E-state index contributed by atoms with van der Waals surface area (Å²) in [5, 5.41) is 5.29. The average molecular weight is 369 g/mol. The van der Waals surface area contributed by atoms with Gasteiger partial charge in [0, 0.05) is 50.8 Å². The maximum Gasteiger partial charge on any atom is 0.416 e. The summed E-state index contributed by atoms with van der Waals surface area (Å²) >= 11 is 0. The van der Waals surface area contributed by atoms with Gasteiger partial charge in [-0.1, -0.05) is 6.07 Å². The Kier molecular flexibility index (Phi) is 6.26. The monoisotopic (exact) mass is 369 g/mol. The van der Waals surface area contributed by atoms with E-state index in [0.717, 1.165) is 64.8 Å². The van der Waals surface area contributed by atoms with E-state index in [2.05, 4.69) is 20.7 Å². The number of nitrogens with one attached hydrogen (secondary N) is 2. The fourth-order valence-corrected chi connectivity index (χ4v) is 3.30. The van der Waals surface area contributed by atoms with Crippen LogP contribution in [0.5, 0.6) is 0 Å². The highest BCUT2D eigenvalue weighted by atomic mass is 19.4. The second-order valence-corrected chi connectivity index (χ2v) is 6.67. The first-order valence-electron chi connectivity index (χ1n) is 9.06. The third-order valence-electron chi connectivity index (χ3n) is 4.80. The van der Waals surface area contributed by atoms with Crippen molar-refractivity contribution in [2.45, 2.75) is 19.0 Å². The molecular formula is C18H26F3N5. The molecule has 1 fully saturated rings. The third kappa shape index (κ3) is 5.28. The topological polar surface area (TPSA) is 33.8 Å². The van der Waals surface area contributed by atoms with Crippen molar-refractivity contribution in [1.29, 1.82) is 0 Å². The molecule has 1 aromatic carbocycles. The second-order valence-electron chi connectivity index (χ2n) is 6.67. The van der Waals surface area contributed by atoms with Crippen molar-refractivity contribution in [3.63, 3.8) is 0 Å². The van der Waals surface area contributed by atoms with Crippen LogP contribution in [0.2, 0.25) is 0 Å². The number of nitrogens with zero attached hydrogens (tertiary/aromatic N) is 3. The number of alkyl halides is 3. The number of halogens is 3. The molecule has 0 amide bonds. The van der Waals surface area contributed by atoms with Gasteiger partial charge in [-0.15, -0.1) is 0 Å². The van der Waals surface area contributed by atoms with E-state index in [-0.39, 0.29) is 0 Å². The molecule has 26 heavy (non-hydrogen) atoms. The summed E-state index contributed by atoms with van der Waals surface area (Å²) in [7, 11) is 0. The maximum absolute atomic E-state index is 12.9. The number of piperazine rings is 1. The van der Waals surface area contributed by atoms with E-state index >= 15 is 0 Å². The minimum absolute atomic E-state index is 0.576. The van der Waals surface area contributed by atoms with Gasteiger partial charge in [-0.25, -0.2) is 5.01 Å². The molecule has 1 saturated heterocycles. The van der Waals surface area contributed by atoms with Gasteiger partial charge >= 0.3 is 6.18 Å². The lowest BCUT2D eigenvalue weighted by molar-refractivity contribution is -0.137. The molecule has 8 heteroatoms. The van der Waals surface area contributed by atoms with Crippen molar-refractivity contribution in [3.05, 3.63) is 42.2 Å². The molecule has 2 aliphatic heterocycles. The van der Waals surface area contributed by atoms with Gasteiger partial charge in [-0.3, -0.25) is 4.90 Å². The second kappa shape index (κ2) is 8.64. The quantitative estimate of drug-likeness (QED) is 0.753. The first-order valence-corrected chi connectivity index (χ1v) is 9.06. The van der Waals surface area contributed by atoms with E-state index in [4.69, 9.17) is 0 Å². The molecule has 3 rings (SSSR count). The first-order chi connectivity index (χ1) is 12.5. The van der Waals surface area contributed by atoms with Gasteiger partial charge in [0.05, 0.1) is 12.2 Å². The van der Waals surface area contributed by atoms with E-state index < -0.39 is 11.7 Å². The predicted octanol–water partition coefficient (Wildman–Crippen LogP) is 2.45. The van der Waals surface area contributed by atoms with Crippen molar-refractivity contribution in [3.8, 4) is 0 Å². The highest BCUT2D eigenvalue weighted by molar-refractivity contribution is 5.49. The van der Waals surface area contributed by atoms with Crippen LogP contribution < -0.4 is 15.6 Å². The molecule has 0 aliphatic carbocycles. The number of unbranched alkanes of at least 4 members (excludes halogenated alkanes) is 1. The Balaban J connectivity index is 1.38. The SMILES string of the molecule is FC(F)(F)c1cccc(N2CCN(CCCCN3CNC=CN3)CC2)c1. The van der Waals surface area contributed by atoms with E-state index in [0.29, 0.717) is 5.69 Å². The molecule has 1 aromatic rings. The van der Waals surface area contributed by atoms with Crippen LogP contribution in [0.15, 0.2) is 36.7 Å². The third-order valence-corrected chi connectivity index (χ3v) is 4.80. The summed E-state index contributed by atoms with van der Waals surface area (Å²) in [5.74, 6) is 0. The summed E-state index contributed by atoms with van der Waals surface area (Å²) in [6.45, 7) is 6.15. The first kappa shape index (κ1) is 18.8. The molecule has 2 heterocycles. The van der Waals surface area contributed by atoms with Gasteiger partial charge in [-0.2, -0.15) is 13.2 Å². The Bertz CT molecular complexity index is 597. The summed E-state index contributed by atoms with van der Waals surface area (Å²) in [4.78, 5) is 4.44. The molecule has 0 bridgehead atoms. The van der Waals surface area contributed by atoms with Crippen LogP contribution in [0.3, 0.4) is 0 Å². The standard InChI is InChI=1S/C18H26F3N5/c19-18(20,21)16-4-3-5-17(14-16)25-12-10-24(11-13-25)8-1-2-9-26-15-22-6-7-23-26/h3-7,14,22-23H,1-2,8-13,15H2. The number of hydrazine groups is 1. The highest BCUT2D eigenvalue weighted by Crippen LogP contribution is 2.31. The van der Waals surface area contributed by atoms with Crippen molar-refractivity contribution < 1.29 is 13.2 Å². The van der Waals surface area contributed by atoms with Crippen LogP contribution in [0.4, 0.5) is 18.9 Å². The van der Waals surface area contributed by atoms with Crippen LogP contribution in [-0.4, -0.2) is 55.8 Å². The smallest absolute Gasteiger partial charge is 0.375 e. The average Bonchev–Trinajstić information content (AvgIpc) is 2.66. The molecule has 0 spiro atoms. The van der Waals surface area contributed by atoms with Crippen LogP contribution in [0.1, 0.15) is 18.4 Å². The molecule has 144 valence electrons. The normalized spacial score (nSPS) is 19.3. The number of benzene rings is 1. The number of anilines is 1. The van der Waals surface area contributed by atoms with E-state index in [9.17, 15) is 13.2 Å². The minimum atomic E-state index is -4.29. The Labute approximate surface area is 152 Å². The Morgan fingerprint density at radius 1 is 0.962 bits per heavy atom. The number of hydrogen-bond donors (Lipinski definition) is 2. The molecule has 0 unspecified atom stereocenters. The van der Waals surface area contributed by atoms with Crippen molar-refractivity contribution in [2.75, 3.05) is 50.8 Å². The molecule has 0 aromatic heterocycles. The number of rotatable bonds is 6. The van der Waals surface area contributed by atoms with Crippen molar-refractivity contribution in [2.24, 2.45) is 0 Å². The molecule has 5 nitrogen and oxygen atoms in total. The fourth-order valence-electron chi connectivity index (χ4n) is 3.30. The maximum atomic E-state index is 12.9. The van der Waals surface area contributed by atoms with E-state index in [1.165, 1.54) is 12.1 Å². The lowest BCUT2D eigenvalue weighted by Crippen LogP contribution is -2.47. The molecule has 0 saturated carbocycles. The van der Waals surface area contributed by atoms with Crippen molar-refractivity contribution in [1.82, 2.24) is 20.7 Å². The van der Waals surface area contributed by atoms with Gasteiger partial charge < -0.3 is 15.6 Å². The van der Waals surface area contributed by atoms with Crippen molar-refractivity contribution >= 4 is 5.69 Å². The Morgan fingerprint density at radius 2 is 1.73 bits per heavy atom. The largest absolute Gasteiger partial charge is 0.416 e. The summed E-state index contributed by atoms with van der Waals surface area (Å²) in [6.07, 6.45) is 1.71. The minimum Gasteiger partial charge on any atom is -0.375 e. The van der Waals surface area contributed by atoms with E-state index in [1.54, 1.807) is 6.07 Å². The molecule has 0 radical (unpaired) electrons.